The lowest BCUT2D eigenvalue weighted by molar-refractivity contribution is -0.301. The van der Waals surface area contributed by atoms with E-state index in [4.69, 9.17) is 20.9 Å². The Morgan fingerprint density at radius 2 is 1.57 bits per heavy atom. The number of phenolic OH excluding ortho intramolecular Hbond substituents is 1. The Bertz CT molecular complexity index is 1830. The molecule has 15 N–H and O–H groups in total. The van der Waals surface area contributed by atoms with Crippen LogP contribution in [0.5, 0.6) is 5.75 Å². The van der Waals surface area contributed by atoms with Crippen molar-refractivity contribution in [1.82, 2.24) is 31.9 Å². The van der Waals surface area contributed by atoms with Crippen molar-refractivity contribution in [3.05, 3.63) is 65.7 Å². The number of phenols is 1. The van der Waals surface area contributed by atoms with Gasteiger partial charge in [0.1, 0.15) is 54.3 Å². The second-order valence-corrected chi connectivity index (χ2v) is 16.5. The maximum Gasteiger partial charge on any atom is 0.245 e. The molecule has 4 rings (SSSR count). The molecule has 24 heteroatoms. The summed E-state index contributed by atoms with van der Waals surface area (Å²) in [5, 5.41) is 64.7. The number of aliphatic hydroxyl groups excluding tert-OH is 4. The van der Waals surface area contributed by atoms with Crippen molar-refractivity contribution in [3.8, 4) is 5.75 Å². The van der Waals surface area contributed by atoms with E-state index in [1.54, 1.807) is 42.5 Å². The van der Waals surface area contributed by atoms with E-state index in [0.29, 0.717) is 11.1 Å². The van der Waals surface area contributed by atoms with Gasteiger partial charge in [0.15, 0.2) is 6.29 Å². The molecule has 2 fully saturated rings. The molecule has 0 radical (unpaired) electrons. The average Bonchev–Trinajstić information content (AvgIpc) is 3.24. The van der Waals surface area contributed by atoms with Crippen LogP contribution in [-0.4, -0.2) is 166 Å². The molecule has 7 amide bonds. The smallest absolute Gasteiger partial charge is 0.245 e. The summed E-state index contributed by atoms with van der Waals surface area (Å²) in [6.07, 6.45) is -8.46. The molecule has 0 bridgehead atoms. The monoisotopic (exact) mass is 894 g/mol. The number of aliphatic hydroxyl groups is 4. The molecule has 22 nitrogen and oxygen atoms in total. The number of nitrogens with one attached hydrogen (secondary N) is 6. The van der Waals surface area contributed by atoms with Crippen molar-refractivity contribution in [3.63, 3.8) is 0 Å². The normalized spacial score (nSPS) is 26.2. The first-order valence-corrected chi connectivity index (χ1v) is 21.3. The molecule has 0 spiro atoms. The number of carbonyl (C=O) groups is 7. The minimum atomic E-state index is -1.86. The third-order valence-electron chi connectivity index (χ3n) is 9.25. The van der Waals surface area contributed by atoms with E-state index in [0.717, 1.165) is 21.6 Å². The number of hydrogen-bond donors (Lipinski definition) is 13. The van der Waals surface area contributed by atoms with Gasteiger partial charge in [0, 0.05) is 17.9 Å². The fourth-order valence-corrected chi connectivity index (χ4v) is 8.20. The maximum atomic E-state index is 14.0. The maximum absolute atomic E-state index is 14.0. The zero-order chi connectivity index (χ0) is 44.6. The summed E-state index contributed by atoms with van der Waals surface area (Å²) in [5.74, 6) is -6.26. The first kappa shape index (κ1) is 48.6. The molecule has 0 saturated carbocycles. The van der Waals surface area contributed by atoms with Crippen LogP contribution in [0.4, 0.5) is 0 Å². The summed E-state index contributed by atoms with van der Waals surface area (Å²) >= 11 is 0. The number of amides is 7. The fourth-order valence-electron chi connectivity index (χ4n) is 5.87. The van der Waals surface area contributed by atoms with Gasteiger partial charge in [-0.3, -0.25) is 33.6 Å². The number of aromatic hydroxyl groups is 1. The molecule has 334 valence electrons. The molecule has 2 heterocycles. The van der Waals surface area contributed by atoms with Crippen LogP contribution in [0.2, 0.25) is 0 Å². The lowest BCUT2D eigenvalue weighted by Crippen LogP contribution is -2.61. The Kier molecular flexibility index (Phi) is 19.0. The van der Waals surface area contributed by atoms with Gasteiger partial charge in [0.2, 0.25) is 41.4 Å². The number of carbonyl (C=O) groups excluding carboxylic acids is 7. The molecule has 2 aliphatic rings. The Morgan fingerprint density at radius 1 is 0.885 bits per heavy atom. The third kappa shape index (κ3) is 15.1. The Labute approximate surface area is 357 Å². The van der Waals surface area contributed by atoms with Crippen LogP contribution in [0.15, 0.2) is 54.6 Å². The lowest BCUT2D eigenvalue weighted by Gasteiger charge is -2.40. The molecule has 0 aliphatic carbocycles. The molecule has 2 aromatic rings. The predicted octanol–water partition coefficient (Wildman–Crippen LogP) is -5.63. The summed E-state index contributed by atoms with van der Waals surface area (Å²) in [5.41, 5.74) is 12.6. The van der Waals surface area contributed by atoms with Crippen LogP contribution in [0.3, 0.4) is 0 Å². The Hall–Kier alpha value is -5.05. The number of rotatable bonds is 15. The van der Waals surface area contributed by atoms with Crippen LogP contribution in [0, 0.1) is 0 Å². The summed E-state index contributed by atoms with van der Waals surface area (Å²) in [7, 11) is 2.03. The molecule has 2 aromatic carbocycles. The summed E-state index contributed by atoms with van der Waals surface area (Å²) in [6.45, 7) is -2.81. The van der Waals surface area contributed by atoms with Crippen molar-refractivity contribution in [2.75, 3.05) is 37.8 Å². The third-order valence-corrected chi connectivity index (χ3v) is 11.7. The molecular weight excluding hydrogens is 845 g/mol. The van der Waals surface area contributed by atoms with Crippen molar-refractivity contribution < 1.29 is 68.6 Å². The molecule has 2 saturated heterocycles. The number of primary amides is 1. The van der Waals surface area contributed by atoms with Gasteiger partial charge in [0.25, 0.3) is 0 Å². The van der Waals surface area contributed by atoms with Crippen LogP contribution in [0.25, 0.3) is 0 Å². The molecular formula is C37H50N8O14S2. The highest BCUT2D eigenvalue weighted by molar-refractivity contribution is 8.76. The zero-order valence-corrected chi connectivity index (χ0v) is 34.1. The summed E-state index contributed by atoms with van der Waals surface area (Å²) in [4.78, 5) is 92.2. The van der Waals surface area contributed by atoms with E-state index in [9.17, 15) is 59.1 Å². The van der Waals surface area contributed by atoms with Crippen LogP contribution >= 0.6 is 21.6 Å². The second kappa shape index (κ2) is 23.8. The Balaban J connectivity index is 1.55. The number of benzene rings is 2. The van der Waals surface area contributed by atoms with E-state index in [-0.39, 0.29) is 30.1 Å². The van der Waals surface area contributed by atoms with Gasteiger partial charge in [-0.1, -0.05) is 64.1 Å². The van der Waals surface area contributed by atoms with Crippen molar-refractivity contribution >= 4 is 62.9 Å². The van der Waals surface area contributed by atoms with Gasteiger partial charge in [0.05, 0.1) is 32.3 Å². The summed E-state index contributed by atoms with van der Waals surface area (Å²) in [6, 6.07) is 7.85. The van der Waals surface area contributed by atoms with Crippen molar-refractivity contribution in [2.24, 2.45) is 11.5 Å². The Morgan fingerprint density at radius 3 is 2.25 bits per heavy atom. The topological polar surface area (TPSA) is 363 Å². The first-order chi connectivity index (χ1) is 29.1. The number of nitrogens with two attached hydrogens (primary N) is 2. The number of hydrogen-bond acceptors (Lipinski definition) is 17. The largest absolute Gasteiger partial charge is 0.508 e. The van der Waals surface area contributed by atoms with Crippen LogP contribution in [-0.2, 0) is 55.9 Å². The van der Waals surface area contributed by atoms with Crippen LogP contribution < -0.4 is 43.4 Å². The van der Waals surface area contributed by atoms with Gasteiger partial charge in [-0.15, -0.1) is 0 Å². The highest BCUT2D eigenvalue weighted by atomic mass is 33.1. The first-order valence-electron chi connectivity index (χ1n) is 18.8. The van der Waals surface area contributed by atoms with Gasteiger partial charge in [-0.25, -0.2) is 0 Å². The molecule has 10 atom stereocenters. The fraction of sp³-hybridized carbons (Fsp3) is 0.486. The minimum Gasteiger partial charge on any atom is -0.508 e. The molecule has 1 unspecified atom stereocenters. The van der Waals surface area contributed by atoms with Gasteiger partial charge in [-0.05, 0) is 29.7 Å². The van der Waals surface area contributed by atoms with Crippen molar-refractivity contribution in [1.29, 1.82) is 0 Å². The van der Waals surface area contributed by atoms with Gasteiger partial charge < -0.3 is 78.4 Å². The highest BCUT2D eigenvalue weighted by Crippen LogP contribution is 2.25. The van der Waals surface area contributed by atoms with Crippen LogP contribution in [0.1, 0.15) is 11.1 Å². The van der Waals surface area contributed by atoms with E-state index in [2.05, 4.69) is 31.9 Å². The van der Waals surface area contributed by atoms with Gasteiger partial charge >= 0.3 is 0 Å². The van der Waals surface area contributed by atoms with E-state index < -0.39 is 129 Å². The predicted molar refractivity (Wildman–Crippen MR) is 218 cm³/mol. The SMILES string of the molecule is NC(=O)CNC(=O)[C@@H](CO[C@@H]1O[C@H](CO)[C@@H](O)[C@H](O)[C@H]1O)NC(=O)[C@H]1CSSCC(NC(=O)[C@@H](N)Cc2ccc(O)cc2)C(=O)NCC(=O)N[C@@H](Cc2ccccc2)C(=O)N1. The van der Waals surface area contributed by atoms with Gasteiger partial charge in [-0.2, -0.15) is 0 Å². The highest BCUT2D eigenvalue weighted by Gasteiger charge is 2.44. The molecule has 61 heavy (non-hydrogen) atoms. The van der Waals surface area contributed by atoms with Crippen molar-refractivity contribution in [2.45, 2.75) is 73.8 Å². The van der Waals surface area contributed by atoms with E-state index in [1.807, 2.05) is 0 Å². The standard InChI is InChI=1S/C37H50N8O14S2/c38-21(10-19-6-8-20(47)9-7-19)32(53)44-24-16-60-61-17-25(45-35(56)22(11-18-4-2-1-3-5-18)42-28(49)13-41-34(24)55)36(57)43-23(33(54)40-12-27(39)48)15-58-37-31(52)30(51)29(50)26(14-46)59-37/h1-9,21-26,29-31,37,46-47,50-52H,10-17,38H2,(H2,39,48)(H,40,54)(H,41,55)(H,42,49)(H,43,57)(H,44,53)(H,45,56)/t21-,22-,23+,24?,25+,26+,29+,30-,31+,37+/m0/s1. The zero-order valence-electron chi connectivity index (χ0n) is 32.5. The second-order valence-electron chi connectivity index (χ2n) is 14.0. The lowest BCUT2D eigenvalue weighted by atomic mass is 9.99. The minimum absolute atomic E-state index is 0.0220. The average molecular weight is 895 g/mol. The quantitative estimate of drug-likeness (QED) is 0.0741. The number of ether oxygens (including phenoxy) is 2. The van der Waals surface area contributed by atoms with E-state index in [1.165, 1.54) is 12.1 Å². The van der Waals surface area contributed by atoms with E-state index >= 15 is 0 Å². The summed E-state index contributed by atoms with van der Waals surface area (Å²) < 4.78 is 10.8. The molecule has 0 aromatic heterocycles. The molecule has 2 aliphatic heterocycles.